The smallest absolute Gasteiger partial charge is 0.358 e. The average Bonchev–Trinajstić information content (AvgIpc) is 2.74. The Hall–Kier alpha value is -1.81. The molecule has 0 amide bonds. The van der Waals surface area contributed by atoms with Gasteiger partial charge < -0.3 is 9.63 Å². The summed E-state index contributed by atoms with van der Waals surface area (Å²) in [5, 5.41) is 13.1. The number of benzene rings is 1. The van der Waals surface area contributed by atoms with Crippen LogP contribution in [0, 0.1) is 0 Å². The van der Waals surface area contributed by atoms with Gasteiger partial charge in [-0.2, -0.15) is 0 Å². The van der Waals surface area contributed by atoms with E-state index in [1.54, 1.807) is 6.07 Å². The van der Waals surface area contributed by atoms with Gasteiger partial charge in [0.1, 0.15) is 0 Å². The first kappa shape index (κ1) is 9.42. The van der Waals surface area contributed by atoms with Gasteiger partial charge in [0.25, 0.3) is 0 Å². The average molecular weight is 236 g/mol. The number of aromatic carboxylic acids is 1. The lowest BCUT2D eigenvalue weighted by Gasteiger charge is -1.97. The first-order valence-electron chi connectivity index (χ1n) is 4.67. The van der Waals surface area contributed by atoms with Crippen LogP contribution in [0.2, 0.25) is 5.02 Å². The number of rotatable bonds is 1. The molecular weight excluding hydrogens is 230 g/mol. The van der Waals surface area contributed by atoms with Crippen LogP contribution in [0.5, 0.6) is 0 Å². The standard InChI is InChI=1S/C11H6ClNO3/c12-6-1-2-7-5(3-6)4-8-9(11(14)15)13-16-10(7)8/h1-3H,4H2,(H,14,15). The highest BCUT2D eigenvalue weighted by Crippen LogP contribution is 2.39. The molecule has 0 saturated carbocycles. The van der Waals surface area contributed by atoms with E-state index >= 15 is 0 Å². The van der Waals surface area contributed by atoms with E-state index in [0.29, 0.717) is 22.8 Å². The summed E-state index contributed by atoms with van der Waals surface area (Å²) in [6.07, 6.45) is 0.510. The van der Waals surface area contributed by atoms with Gasteiger partial charge in [-0.15, -0.1) is 0 Å². The van der Waals surface area contributed by atoms with Gasteiger partial charge in [-0.05, 0) is 23.8 Å². The van der Waals surface area contributed by atoms with Crippen molar-refractivity contribution in [2.45, 2.75) is 6.42 Å². The van der Waals surface area contributed by atoms with Crippen LogP contribution >= 0.6 is 11.6 Å². The van der Waals surface area contributed by atoms with Gasteiger partial charge in [-0.1, -0.05) is 16.8 Å². The molecular formula is C11H6ClNO3. The Balaban J connectivity index is 2.20. The quantitative estimate of drug-likeness (QED) is 0.704. The molecule has 0 bridgehead atoms. The third-order valence-corrected chi connectivity index (χ3v) is 2.90. The van der Waals surface area contributed by atoms with E-state index in [-0.39, 0.29) is 5.69 Å². The van der Waals surface area contributed by atoms with Crippen molar-refractivity contribution in [3.8, 4) is 11.3 Å². The molecule has 1 aliphatic carbocycles. The minimum absolute atomic E-state index is 0.0117. The van der Waals surface area contributed by atoms with E-state index in [4.69, 9.17) is 21.2 Å². The summed E-state index contributed by atoms with van der Waals surface area (Å²) in [7, 11) is 0. The van der Waals surface area contributed by atoms with Gasteiger partial charge in [0.15, 0.2) is 11.5 Å². The largest absolute Gasteiger partial charge is 0.476 e. The van der Waals surface area contributed by atoms with Gasteiger partial charge in [-0.25, -0.2) is 4.79 Å². The molecule has 1 aromatic heterocycles. The molecule has 1 heterocycles. The van der Waals surface area contributed by atoms with Gasteiger partial charge in [0.2, 0.25) is 0 Å². The summed E-state index contributed by atoms with van der Waals surface area (Å²) in [6, 6.07) is 5.39. The van der Waals surface area contributed by atoms with Crippen LogP contribution in [0.25, 0.3) is 11.3 Å². The Kier molecular flexibility index (Phi) is 1.82. The lowest BCUT2D eigenvalue weighted by molar-refractivity contribution is 0.0685. The molecule has 0 unspecified atom stereocenters. The van der Waals surface area contributed by atoms with Crippen LogP contribution in [-0.4, -0.2) is 16.2 Å². The number of halogens is 1. The normalized spacial score (nSPS) is 12.3. The molecule has 0 fully saturated rings. The van der Waals surface area contributed by atoms with Gasteiger partial charge >= 0.3 is 5.97 Å². The van der Waals surface area contributed by atoms with Crippen molar-refractivity contribution >= 4 is 17.6 Å². The van der Waals surface area contributed by atoms with Crippen molar-refractivity contribution in [2.75, 3.05) is 0 Å². The zero-order chi connectivity index (χ0) is 11.3. The molecule has 0 radical (unpaired) electrons. The minimum Gasteiger partial charge on any atom is -0.476 e. The number of carboxylic acid groups (broad SMARTS) is 1. The van der Waals surface area contributed by atoms with Gasteiger partial charge in [-0.3, -0.25) is 0 Å². The molecule has 0 aliphatic heterocycles. The summed E-state index contributed by atoms with van der Waals surface area (Å²) in [5.74, 6) is -0.520. The number of aromatic nitrogens is 1. The second kappa shape index (κ2) is 3.09. The van der Waals surface area contributed by atoms with Crippen molar-refractivity contribution in [1.82, 2.24) is 5.16 Å². The molecule has 4 nitrogen and oxygen atoms in total. The van der Waals surface area contributed by atoms with E-state index in [9.17, 15) is 4.79 Å². The molecule has 1 N–H and O–H groups in total. The van der Waals surface area contributed by atoms with Gasteiger partial charge in [0.05, 0.1) is 0 Å². The third-order valence-electron chi connectivity index (χ3n) is 2.67. The maximum Gasteiger partial charge on any atom is 0.358 e. The van der Waals surface area contributed by atoms with Crippen molar-refractivity contribution in [2.24, 2.45) is 0 Å². The molecule has 2 aromatic rings. The monoisotopic (exact) mass is 235 g/mol. The Labute approximate surface area is 95.4 Å². The minimum atomic E-state index is -1.07. The van der Waals surface area contributed by atoms with Crippen LogP contribution in [0.1, 0.15) is 21.6 Å². The van der Waals surface area contributed by atoms with Crippen LogP contribution < -0.4 is 0 Å². The number of hydrogen-bond donors (Lipinski definition) is 1. The summed E-state index contributed by atoms with van der Waals surface area (Å²) in [4.78, 5) is 10.9. The lowest BCUT2D eigenvalue weighted by Crippen LogP contribution is -2.00. The Bertz CT molecular complexity index is 603. The molecule has 80 valence electrons. The fourth-order valence-corrected chi connectivity index (χ4v) is 2.17. The maximum atomic E-state index is 10.9. The van der Waals surface area contributed by atoms with E-state index in [2.05, 4.69) is 5.16 Å². The fraction of sp³-hybridized carbons (Fsp3) is 0.0909. The molecule has 16 heavy (non-hydrogen) atoms. The highest BCUT2D eigenvalue weighted by atomic mass is 35.5. The van der Waals surface area contributed by atoms with Crippen LogP contribution in [0.15, 0.2) is 22.7 Å². The highest BCUT2D eigenvalue weighted by Gasteiger charge is 2.29. The summed E-state index contributed by atoms with van der Waals surface area (Å²) in [6.45, 7) is 0. The molecule has 0 spiro atoms. The van der Waals surface area contributed by atoms with Crippen LogP contribution in [0.3, 0.4) is 0 Å². The summed E-state index contributed by atoms with van der Waals surface area (Å²) < 4.78 is 5.06. The number of nitrogens with zero attached hydrogens (tertiary/aromatic N) is 1. The summed E-state index contributed by atoms with van der Waals surface area (Å²) >= 11 is 5.87. The number of carbonyl (C=O) groups is 1. The SMILES string of the molecule is O=C(O)c1noc2c1Cc1cc(Cl)ccc1-2. The van der Waals surface area contributed by atoms with E-state index in [1.807, 2.05) is 12.1 Å². The molecule has 0 atom stereocenters. The second-order valence-corrected chi connectivity index (χ2v) is 4.06. The molecule has 1 aliphatic rings. The van der Waals surface area contributed by atoms with E-state index in [1.165, 1.54) is 0 Å². The van der Waals surface area contributed by atoms with Crippen LogP contribution in [0.4, 0.5) is 0 Å². The molecule has 0 saturated heterocycles. The lowest BCUT2D eigenvalue weighted by atomic mass is 10.1. The van der Waals surface area contributed by atoms with E-state index in [0.717, 1.165) is 11.1 Å². The zero-order valence-corrected chi connectivity index (χ0v) is 8.78. The Morgan fingerprint density at radius 2 is 2.31 bits per heavy atom. The van der Waals surface area contributed by atoms with Crippen molar-refractivity contribution in [1.29, 1.82) is 0 Å². The summed E-state index contributed by atoms with van der Waals surface area (Å²) in [5.41, 5.74) is 2.47. The molecule has 1 aromatic carbocycles. The van der Waals surface area contributed by atoms with Gasteiger partial charge in [0, 0.05) is 22.6 Å². The predicted molar refractivity (Wildman–Crippen MR) is 56.7 cm³/mol. The molecule has 5 heteroatoms. The molecule has 3 rings (SSSR count). The van der Waals surface area contributed by atoms with E-state index < -0.39 is 5.97 Å². The van der Waals surface area contributed by atoms with Crippen molar-refractivity contribution in [3.63, 3.8) is 0 Å². The predicted octanol–water partition coefficient (Wildman–Crippen LogP) is 2.60. The number of hydrogen-bond acceptors (Lipinski definition) is 3. The Morgan fingerprint density at radius 1 is 1.50 bits per heavy atom. The number of carboxylic acids is 1. The maximum absolute atomic E-state index is 10.9. The first-order valence-corrected chi connectivity index (χ1v) is 5.05. The zero-order valence-electron chi connectivity index (χ0n) is 8.03. The Morgan fingerprint density at radius 3 is 3.06 bits per heavy atom. The first-order chi connectivity index (χ1) is 7.66. The highest BCUT2D eigenvalue weighted by molar-refractivity contribution is 6.30. The topological polar surface area (TPSA) is 63.3 Å². The van der Waals surface area contributed by atoms with Crippen LogP contribution in [-0.2, 0) is 6.42 Å². The van der Waals surface area contributed by atoms with Crippen molar-refractivity contribution < 1.29 is 14.4 Å². The fourth-order valence-electron chi connectivity index (χ4n) is 1.97. The van der Waals surface area contributed by atoms with Crippen molar-refractivity contribution in [3.05, 3.63) is 40.0 Å². The number of fused-ring (bicyclic) bond motifs is 3. The second-order valence-electron chi connectivity index (χ2n) is 3.62. The third kappa shape index (κ3) is 1.17.